The van der Waals surface area contributed by atoms with Crippen LogP contribution in [0.1, 0.15) is 44.7 Å². The number of aliphatic imine (C=N–C) groups is 1. The number of nitrogens with one attached hydrogen (secondary N) is 2. The largest absolute Gasteiger partial charge is 0.357 e. The second-order valence-corrected chi connectivity index (χ2v) is 10.8. The van der Waals surface area contributed by atoms with E-state index in [1.807, 2.05) is 43.3 Å². The third-order valence-electron chi connectivity index (χ3n) is 4.78. The quantitative estimate of drug-likeness (QED) is 0.298. The summed E-state index contributed by atoms with van der Waals surface area (Å²) in [6.45, 7) is 8.78. The van der Waals surface area contributed by atoms with Gasteiger partial charge in [-0.3, -0.25) is 4.99 Å². The van der Waals surface area contributed by atoms with Crippen molar-refractivity contribution >= 4 is 39.8 Å². The van der Waals surface area contributed by atoms with Crippen LogP contribution >= 0.6 is 24.0 Å². The van der Waals surface area contributed by atoms with Crippen molar-refractivity contribution in [1.29, 1.82) is 0 Å². The summed E-state index contributed by atoms with van der Waals surface area (Å²) in [6, 6.07) is 20.6. The first-order valence-electron chi connectivity index (χ1n) is 10.1. The van der Waals surface area contributed by atoms with Crippen molar-refractivity contribution in [2.75, 3.05) is 25.4 Å². The Labute approximate surface area is 198 Å². The molecule has 2 aromatic carbocycles. The van der Waals surface area contributed by atoms with E-state index >= 15 is 0 Å². The Morgan fingerprint density at radius 1 is 0.933 bits per heavy atom. The number of rotatable bonds is 8. The van der Waals surface area contributed by atoms with Gasteiger partial charge in [0.15, 0.2) is 15.8 Å². The average Bonchev–Trinajstić information content (AvgIpc) is 2.69. The highest BCUT2D eigenvalue weighted by molar-refractivity contribution is 14.0. The number of halogens is 1. The van der Waals surface area contributed by atoms with E-state index in [1.54, 1.807) is 20.8 Å². The van der Waals surface area contributed by atoms with E-state index in [0.29, 0.717) is 25.6 Å². The number of hydrogen-bond donors (Lipinski definition) is 2. The molecule has 0 aromatic heterocycles. The molecule has 166 valence electrons. The molecule has 0 bridgehead atoms. The predicted molar refractivity (Wildman–Crippen MR) is 138 cm³/mol. The lowest BCUT2D eigenvalue weighted by molar-refractivity contribution is 0.559. The summed E-state index contributed by atoms with van der Waals surface area (Å²) in [5.41, 5.74) is 2.40. The van der Waals surface area contributed by atoms with Crippen molar-refractivity contribution in [1.82, 2.24) is 10.6 Å². The standard InChI is InChI=1S/C23H33N3O2S.HI/c1-5-24-22(25-16-17-29(27,28)23(2,3)4)26-18-21(19-12-8-6-9-13-19)20-14-10-7-11-15-20;/h6-15,21H,5,16-18H2,1-4H3,(H2,24,25,26);1H. The highest BCUT2D eigenvalue weighted by atomic mass is 127. The Morgan fingerprint density at radius 2 is 1.43 bits per heavy atom. The molecule has 2 rings (SSSR count). The normalized spacial score (nSPS) is 12.4. The Morgan fingerprint density at radius 3 is 1.87 bits per heavy atom. The molecule has 7 heteroatoms. The van der Waals surface area contributed by atoms with Crippen LogP contribution in [-0.4, -0.2) is 44.5 Å². The van der Waals surface area contributed by atoms with Crippen LogP contribution in [0.2, 0.25) is 0 Å². The zero-order valence-corrected chi connectivity index (χ0v) is 21.4. The van der Waals surface area contributed by atoms with E-state index in [1.165, 1.54) is 11.1 Å². The molecule has 0 fully saturated rings. The smallest absolute Gasteiger partial charge is 0.191 e. The van der Waals surface area contributed by atoms with E-state index in [9.17, 15) is 8.42 Å². The summed E-state index contributed by atoms with van der Waals surface area (Å²) in [6.07, 6.45) is 0. The van der Waals surface area contributed by atoms with Crippen LogP contribution in [0.15, 0.2) is 65.7 Å². The van der Waals surface area contributed by atoms with Gasteiger partial charge < -0.3 is 10.6 Å². The third kappa shape index (κ3) is 7.91. The Kier molecular flexibility index (Phi) is 10.8. The topological polar surface area (TPSA) is 70.6 Å². The first-order valence-corrected chi connectivity index (χ1v) is 11.7. The molecule has 0 heterocycles. The average molecular weight is 544 g/mol. The third-order valence-corrected chi connectivity index (χ3v) is 7.38. The van der Waals surface area contributed by atoms with Gasteiger partial charge in [0.05, 0.1) is 17.0 Å². The predicted octanol–water partition coefficient (Wildman–Crippen LogP) is 4.20. The molecule has 0 saturated heterocycles. The zero-order chi connectivity index (χ0) is 21.3. The van der Waals surface area contributed by atoms with Crippen molar-refractivity contribution in [3.63, 3.8) is 0 Å². The first-order chi connectivity index (χ1) is 13.7. The minimum absolute atomic E-state index is 0. The van der Waals surface area contributed by atoms with Crippen LogP contribution in [0.25, 0.3) is 0 Å². The van der Waals surface area contributed by atoms with Crippen LogP contribution < -0.4 is 10.6 Å². The van der Waals surface area contributed by atoms with Gasteiger partial charge in [0.1, 0.15) is 0 Å². The fourth-order valence-electron chi connectivity index (χ4n) is 2.91. The van der Waals surface area contributed by atoms with Gasteiger partial charge in [-0.15, -0.1) is 24.0 Å². The number of sulfone groups is 1. The summed E-state index contributed by atoms with van der Waals surface area (Å²) >= 11 is 0. The lowest BCUT2D eigenvalue weighted by Crippen LogP contribution is -2.42. The summed E-state index contributed by atoms with van der Waals surface area (Å²) in [5, 5.41) is 6.38. The maximum Gasteiger partial charge on any atom is 0.191 e. The van der Waals surface area contributed by atoms with Crippen molar-refractivity contribution in [3.8, 4) is 0 Å². The summed E-state index contributed by atoms with van der Waals surface area (Å²) in [5.74, 6) is 0.835. The molecule has 0 amide bonds. The molecular formula is C23H34IN3O2S. The number of hydrogen-bond acceptors (Lipinski definition) is 3. The highest BCUT2D eigenvalue weighted by Gasteiger charge is 2.28. The molecule has 30 heavy (non-hydrogen) atoms. The van der Waals surface area contributed by atoms with E-state index < -0.39 is 14.6 Å². The van der Waals surface area contributed by atoms with E-state index in [0.717, 1.165) is 0 Å². The van der Waals surface area contributed by atoms with E-state index in [2.05, 4.69) is 34.9 Å². The fourth-order valence-corrected chi connectivity index (χ4v) is 3.89. The molecular weight excluding hydrogens is 509 g/mol. The molecule has 2 aromatic rings. The van der Waals surface area contributed by atoms with Crippen LogP contribution in [0.5, 0.6) is 0 Å². The first kappa shape index (κ1) is 26.4. The maximum absolute atomic E-state index is 12.3. The van der Waals surface area contributed by atoms with Gasteiger partial charge >= 0.3 is 0 Å². The SMILES string of the molecule is CCNC(=NCC(c1ccccc1)c1ccccc1)NCCS(=O)(=O)C(C)(C)C.I. The lowest BCUT2D eigenvalue weighted by atomic mass is 9.91. The highest BCUT2D eigenvalue weighted by Crippen LogP contribution is 2.24. The molecule has 0 aliphatic rings. The van der Waals surface area contributed by atoms with Gasteiger partial charge in [-0.2, -0.15) is 0 Å². The monoisotopic (exact) mass is 543 g/mol. The van der Waals surface area contributed by atoms with Gasteiger partial charge in [-0.25, -0.2) is 8.42 Å². The molecule has 5 nitrogen and oxygen atoms in total. The van der Waals surface area contributed by atoms with Crippen molar-refractivity contribution in [2.24, 2.45) is 4.99 Å². The van der Waals surface area contributed by atoms with Crippen LogP contribution in [0.4, 0.5) is 0 Å². The van der Waals surface area contributed by atoms with Gasteiger partial charge in [0.2, 0.25) is 0 Å². The second-order valence-electron chi connectivity index (χ2n) is 7.95. The zero-order valence-electron chi connectivity index (χ0n) is 18.3. The number of benzene rings is 2. The summed E-state index contributed by atoms with van der Waals surface area (Å²) in [7, 11) is -3.17. The Hall–Kier alpha value is -1.61. The van der Waals surface area contributed by atoms with E-state index in [-0.39, 0.29) is 35.6 Å². The van der Waals surface area contributed by atoms with Gasteiger partial charge in [0.25, 0.3) is 0 Å². The molecule has 0 aliphatic heterocycles. The molecule has 0 saturated carbocycles. The van der Waals surface area contributed by atoms with Crippen molar-refractivity contribution in [3.05, 3.63) is 71.8 Å². The molecule has 0 aliphatic carbocycles. The maximum atomic E-state index is 12.3. The Balaban J connectivity index is 0.00000450. The van der Waals surface area contributed by atoms with Gasteiger partial charge in [0, 0.05) is 19.0 Å². The molecule has 2 N–H and O–H groups in total. The van der Waals surface area contributed by atoms with Crippen LogP contribution in [-0.2, 0) is 9.84 Å². The van der Waals surface area contributed by atoms with Gasteiger partial charge in [-0.05, 0) is 38.8 Å². The summed E-state index contributed by atoms with van der Waals surface area (Å²) < 4.78 is 23.9. The van der Waals surface area contributed by atoms with Crippen molar-refractivity contribution in [2.45, 2.75) is 38.4 Å². The second kappa shape index (κ2) is 12.3. The molecule has 0 atom stereocenters. The van der Waals surface area contributed by atoms with E-state index in [4.69, 9.17) is 4.99 Å². The Bertz CT molecular complexity index is 840. The van der Waals surface area contributed by atoms with Crippen molar-refractivity contribution < 1.29 is 8.42 Å². The molecule has 0 radical (unpaired) electrons. The molecule has 0 unspecified atom stereocenters. The van der Waals surface area contributed by atoms with Crippen LogP contribution in [0, 0.1) is 0 Å². The lowest BCUT2D eigenvalue weighted by Gasteiger charge is -2.20. The number of nitrogens with zero attached hydrogens (tertiary/aromatic N) is 1. The number of guanidine groups is 1. The molecule has 0 spiro atoms. The minimum atomic E-state index is -3.17. The van der Waals surface area contributed by atoms with Gasteiger partial charge in [-0.1, -0.05) is 60.7 Å². The van der Waals surface area contributed by atoms with Crippen LogP contribution in [0.3, 0.4) is 0 Å². The fraction of sp³-hybridized carbons (Fsp3) is 0.435. The summed E-state index contributed by atoms with van der Waals surface area (Å²) in [4.78, 5) is 4.75. The minimum Gasteiger partial charge on any atom is -0.357 e.